The van der Waals surface area contributed by atoms with Crippen LogP contribution in [0.2, 0.25) is 0 Å². The molecule has 1 aromatic heterocycles. The van der Waals surface area contributed by atoms with E-state index in [-0.39, 0.29) is 6.10 Å². The summed E-state index contributed by atoms with van der Waals surface area (Å²) in [7, 11) is 1.93. The number of nitrogens with one attached hydrogen (secondary N) is 1. The van der Waals surface area contributed by atoms with Crippen LogP contribution in [0.1, 0.15) is 37.1 Å². The minimum absolute atomic E-state index is 0.269. The highest BCUT2D eigenvalue weighted by Gasteiger charge is 2.29. The van der Waals surface area contributed by atoms with Gasteiger partial charge in [0.15, 0.2) is 0 Å². The molecule has 1 atom stereocenters. The Labute approximate surface area is 114 Å². The number of anilines is 2. The molecule has 0 radical (unpaired) electrons. The second-order valence-corrected chi connectivity index (χ2v) is 5.53. The van der Waals surface area contributed by atoms with Crippen LogP contribution in [0.25, 0.3) is 0 Å². The summed E-state index contributed by atoms with van der Waals surface area (Å²) in [6.07, 6.45) is 2.72. The van der Waals surface area contributed by atoms with Crippen molar-refractivity contribution in [3.63, 3.8) is 0 Å². The van der Waals surface area contributed by atoms with Gasteiger partial charge in [-0.05, 0) is 26.7 Å². The molecule has 1 N–H and O–H groups in total. The fraction of sp³-hybridized carbons (Fsp3) is 0.714. The van der Waals surface area contributed by atoms with Gasteiger partial charge in [-0.15, -0.1) is 0 Å². The van der Waals surface area contributed by atoms with E-state index in [1.165, 1.54) is 12.8 Å². The standard InChI is InChI=1S/C14H22N4O/c1-9-8-18(6-7-19-9)14-10(2)12(15-3)16-13(17-14)11-4-5-11/h9,11H,4-8H2,1-3H3,(H,15,16,17). The van der Waals surface area contributed by atoms with E-state index in [0.717, 1.165) is 42.7 Å². The van der Waals surface area contributed by atoms with Gasteiger partial charge < -0.3 is 15.0 Å². The highest BCUT2D eigenvalue weighted by atomic mass is 16.5. The number of nitrogens with zero attached hydrogens (tertiary/aromatic N) is 3. The van der Waals surface area contributed by atoms with Gasteiger partial charge in [0.1, 0.15) is 17.5 Å². The van der Waals surface area contributed by atoms with E-state index in [1.54, 1.807) is 0 Å². The van der Waals surface area contributed by atoms with E-state index in [1.807, 2.05) is 7.05 Å². The lowest BCUT2D eigenvalue weighted by molar-refractivity contribution is 0.0529. The largest absolute Gasteiger partial charge is 0.375 e. The highest BCUT2D eigenvalue weighted by molar-refractivity contribution is 5.59. The number of aromatic nitrogens is 2. The molecule has 0 bridgehead atoms. The molecule has 1 unspecified atom stereocenters. The molecule has 104 valence electrons. The number of morpholine rings is 1. The molecule has 2 fully saturated rings. The topological polar surface area (TPSA) is 50.3 Å². The number of rotatable bonds is 3. The van der Waals surface area contributed by atoms with Gasteiger partial charge in [-0.1, -0.05) is 0 Å². The van der Waals surface area contributed by atoms with E-state index in [4.69, 9.17) is 9.72 Å². The molecule has 1 aromatic rings. The molecule has 2 heterocycles. The predicted octanol–water partition coefficient (Wildman–Crippen LogP) is 1.93. The van der Waals surface area contributed by atoms with Crippen LogP contribution in [0.4, 0.5) is 11.6 Å². The van der Waals surface area contributed by atoms with Gasteiger partial charge in [-0.2, -0.15) is 0 Å². The zero-order valence-electron chi connectivity index (χ0n) is 11.9. The Hall–Kier alpha value is -1.36. The molecule has 19 heavy (non-hydrogen) atoms. The molecule has 3 rings (SSSR count). The third-order valence-electron chi connectivity index (χ3n) is 3.86. The zero-order valence-corrected chi connectivity index (χ0v) is 11.9. The lowest BCUT2D eigenvalue weighted by Gasteiger charge is -2.33. The van der Waals surface area contributed by atoms with Crippen molar-refractivity contribution in [2.24, 2.45) is 0 Å². The van der Waals surface area contributed by atoms with Crippen molar-refractivity contribution in [2.45, 2.75) is 38.7 Å². The molecule has 0 amide bonds. The summed E-state index contributed by atoms with van der Waals surface area (Å²) in [6, 6.07) is 0. The van der Waals surface area contributed by atoms with Crippen molar-refractivity contribution < 1.29 is 4.74 Å². The third-order valence-corrected chi connectivity index (χ3v) is 3.86. The van der Waals surface area contributed by atoms with Gasteiger partial charge in [-0.3, -0.25) is 0 Å². The van der Waals surface area contributed by atoms with Crippen molar-refractivity contribution in [3.8, 4) is 0 Å². The predicted molar refractivity (Wildman–Crippen MR) is 75.9 cm³/mol. The van der Waals surface area contributed by atoms with Gasteiger partial charge >= 0.3 is 0 Å². The normalized spacial score (nSPS) is 23.5. The summed E-state index contributed by atoms with van der Waals surface area (Å²) < 4.78 is 5.62. The van der Waals surface area contributed by atoms with Crippen LogP contribution >= 0.6 is 0 Å². The zero-order chi connectivity index (χ0) is 13.4. The van der Waals surface area contributed by atoms with Crippen molar-refractivity contribution in [1.82, 2.24) is 9.97 Å². The maximum Gasteiger partial charge on any atom is 0.137 e. The average Bonchev–Trinajstić information content (AvgIpc) is 3.23. The minimum atomic E-state index is 0.269. The maximum atomic E-state index is 5.62. The van der Waals surface area contributed by atoms with Crippen LogP contribution in [0.3, 0.4) is 0 Å². The van der Waals surface area contributed by atoms with E-state index in [2.05, 4.69) is 29.0 Å². The second-order valence-electron chi connectivity index (χ2n) is 5.53. The highest BCUT2D eigenvalue weighted by Crippen LogP contribution is 2.40. The molecule has 1 saturated carbocycles. The molecule has 5 heteroatoms. The van der Waals surface area contributed by atoms with Crippen molar-refractivity contribution in [2.75, 3.05) is 37.0 Å². The minimum Gasteiger partial charge on any atom is -0.375 e. The van der Waals surface area contributed by atoms with Crippen molar-refractivity contribution >= 4 is 11.6 Å². The molecule has 5 nitrogen and oxygen atoms in total. The SMILES string of the molecule is CNc1nc(C2CC2)nc(N2CCOC(C)C2)c1C. The Morgan fingerprint density at radius 2 is 2.11 bits per heavy atom. The first-order valence-corrected chi connectivity index (χ1v) is 7.12. The molecule has 0 aromatic carbocycles. The van der Waals surface area contributed by atoms with Crippen LogP contribution in [0.5, 0.6) is 0 Å². The fourth-order valence-electron chi connectivity index (χ4n) is 2.61. The quantitative estimate of drug-likeness (QED) is 0.902. The Bertz CT molecular complexity index is 473. The van der Waals surface area contributed by atoms with Crippen LogP contribution in [-0.2, 0) is 4.74 Å². The van der Waals surface area contributed by atoms with E-state index in [9.17, 15) is 0 Å². The number of hydrogen-bond acceptors (Lipinski definition) is 5. The summed E-state index contributed by atoms with van der Waals surface area (Å²) in [5.74, 6) is 3.62. The molecule has 1 aliphatic carbocycles. The Kier molecular flexibility index (Phi) is 3.31. The lowest BCUT2D eigenvalue weighted by atomic mass is 10.2. The average molecular weight is 262 g/mol. The number of hydrogen-bond donors (Lipinski definition) is 1. The molecular weight excluding hydrogens is 240 g/mol. The second kappa shape index (κ2) is 4.96. The molecule has 1 saturated heterocycles. The van der Waals surface area contributed by atoms with Crippen LogP contribution in [0, 0.1) is 6.92 Å². The van der Waals surface area contributed by atoms with Crippen LogP contribution in [-0.4, -0.2) is 42.8 Å². The summed E-state index contributed by atoms with van der Waals surface area (Å²) >= 11 is 0. The van der Waals surface area contributed by atoms with Gasteiger partial charge in [0.25, 0.3) is 0 Å². The molecular formula is C14H22N4O. The van der Waals surface area contributed by atoms with Crippen molar-refractivity contribution in [1.29, 1.82) is 0 Å². The summed E-state index contributed by atoms with van der Waals surface area (Å²) in [5, 5.41) is 3.20. The van der Waals surface area contributed by atoms with Gasteiger partial charge in [0, 0.05) is 31.6 Å². The first-order chi connectivity index (χ1) is 9.19. The molecule has 0 spiro atoms. The summed E-state index contributed by atoms with van der Waals surface area (Å²) in [5.41, 5.74) is 1.14. The Morgan fingerprint density at radius 1 is 1.32 bits per heavy atom. The molecule has 1 aliphatic heterocycles. The monoisotopic (exact) mass is 262 g/mol. The summed E-state index contributed by atoms with van der Waals surface area (Å²) in [6.45, 7) is 6.81. The van der Waals surface area contributed by atoms with Gasteiger partial charge in [-0.25, -0.2) is 9.97 Å². The third kappa shape index (κ3) is 2.52. The van der Waals surface area contributed by atoms with Crippen LogP contribution in [0.15, 0.2) is 0 Å². The van der Waals surface area contributed by atoms with Gasteiger partial charge in [0.05, 0.1) is 12.7 Å². The summed E-state index contributed by atoms with van der Waals surface area (Å²) in [4.78, 5) is 11.8. The lowest BCUT2D eigenvalue weighted by Crippen LogP contribution is -2.42. The van der Waals surface area contributed by atoms with Gasteiger partial charge in [0.2, 0.25) is 0 Å². The number of ether oxygens (including phenoxy) is 1. The molecule has 2 aliphatic rings. The van der Waals surface area contributed by atoms with E-state index in [0.29, 0.717) is 5.92 Å². The first-order valence-electron chi connectivity index (χ1n) is 7.12. The van der Waals surface area contributed by atoms with Crippen LogP contribution < -0.4 is 10.2 Å². The smallest absolute Gasteiger partial charge is 0.137 e. The Balaban J connectivity index is 1.95. The maximum absolute atomic E-state index is 5.62. The first kappa shape index (κ1) is 12.7. The fourth-order valence-corrected chi connectivity index (χ4v) is 2.61. The van der Waals surface area contributed by atoms with E-state index < -0.39 is 0 Å². The van der Waals surface area contributed by atoms with E-state index >= 15 is 0 Å². The Morgan fingerprint density at radius 3 is 2.74 bits per heavy atom. The van der Waals surface area contributed by atoms with Crippen molar-refractivity contribution in [3.05, 3.63) is 11.4 Å².